The van der Waals surface area contributed by atoms with Crippen molar-refractivity contribution in [2.75, 3.05) is 13.1 Å². The third-order valence-electron chi connectivity index (χ3n) is 3.58. The number of hydrogen-bond donors (Lipinski definition) is 1. The van der Waals surface area contributed by atoms with Gasteiger partial charge in [0.05, 0.1) is 6.10 Å². The molecule has 0 saturated carbocycles. The van der Waals surface area contributed by atoms with Crippen molar-refractivity contribution in [2.24, 2.45) is 0 Å². The van der Waals surface area contributed by atoms with Crippen molar-refractivity contribution in [2.45, 2.75) is 25.5 Å². The van der Waals surface area contributed by atoms with Crippen molar-refractivity contribution in [3.63, 3.8) is 0 Å². The molecular weight excluding hydrogens is 254 g/mol. The fourth-order valence-electron chi connectivity index (χ4n) is 2.62. The second kappa shape index (κ2) is 5.87. The van der Waals surface area contributed by atoms with Gasteiger partial charge >= 0.3 is 0 Å². The highest BCUT2D eigenvalue weighted by Crippen LogP contribution is 2.29. The predicted molar refractivity (Wildman–Crippen MR) is 80.3 cm³/mol. The van der Waals surface area contributed by atoms with E-state index in [0.29, 0.717) is 0 Å². The van der Waals surface area contributed by atoms with Crippen molar-refractivity contribution in [1.82, 2.24) is 4.90 Å². The maximum absolute atomic E-state index is 9.70. The van der Waals surface area contributed by atoms with Gasteiger partial charge in [0.15, 0.2) is 0 Å². The first-order valence-corrected chi connectivity index (χ1v) is 7.67. The van der Waals surface area contributed by atoms with Crippen LogP contribution in [0.4, 0.5) is 0 Å². The molecule has 1 atom stereocenters. The summed E-state index contributed by atoms with van der Waals surface area (Å²) in [6, 6.07) is 14.9. The number of likely N-dealkylation sites (tertiary alicyclic amines) is 1. The molecule has 3 rings (SSSR count). The van der Waals surface area contributed by atoms with Crippen LogP contribution in [-0.4, -0.2) is 29.2 Å². The van der Waals surface area contributed by atoms with Gasteiger partial charge in [-0.3, -0.25) is 4.90 Å². The lowest BCUT2D eigenvalue weighted by Gasteiger charge is -2.29. The highest BCUT2D eigenvalue weighted by molar-refractivity contribution is 7.15. The van der Waals surface area contributed by atoms with Gasteiger partial charge in [0, 0.05) is 22.8 Å². The van der Waals surface area contributed by atoms with E-state index in [0.717, 1.165) is 32.5 Å². The molecule has 0 unspecified atom stereocenters. The summed E-state index contributed by atoms with van der Waals surface area (Å²) >= 11 is 1.86. The minimum atomic E-state index is -0.137. The van der Waals surface area contributed by atoms with Crippen LogP contribution in [0.1, 0.15) is 17.7 Å². The number of aliphatic hydroxyl groups is 1. The van der Waals surface area contributed by atoms with Crippen LogP contribution in [0.5, 0.6) is 0 Å². The van der Waals surface area contributed by atoms with Crippen LogP contribution in [0.25, 0.3) is 10.4 Å². The average Bonchev–Trinajstić information content (AvgIpc) is 2.88. The topological polar surface area (TPSA) is 23.5 Å². The number of β-amino-alcohol motifs (C(OH)–C–C–N with tert-alkyl or cyclic N) is 1. The molecule has 1 N–H and O–H groups in total. The number of benzene rings is 1. The number of rotatable bonds is 3. The number of aliphatic hydroxyl groups excluding tert-OH is 1. The summed E-state index contributed by atoms with van der Waals surface area (Å²) in [5.74, 6) is 0. The molecule has 19 heavy (non-hydrogen) atoms. The fraction of sp³-hybridized carbons (Fsp3) is 0.375. The lowest BCUT2D eigenvalue weighted by Crippen LogP contribution is -2.37. The Kier molecular flexibility index (Phi) is 3.97. The predicted octanol–water partition coefficient (Wildman–Crippen LogP) is 3.37. The Labute approximate surface area is 118 Å². The number of thiophene rings is 1. The van der Waals surface area contributed by atoms with Gasteiger partial charge in [-0.25, -0.2) is 0 Å². The summed E-state index contributed by atoms with van der Waals surface area (Å²) in [7, 11) is 0. The molecule has 2 aromatic rings. The van der Waals surface area contributed by atoms with Gasteiger partial charge in [-0.2, -0.15) is 0 Å². The molecule has 0 radical (unpaired) electrons. The SMILES string of the molecule is O[C@H]1CCCN(Cc2ccc(-c3ccccc3)s2)C1. The Morgan fingerprint density at radius 3 is 2.79 bits per heavy atom. The van der Waals surface area contributed by atoms with E-state index in [4.69, 9.17) is 0 Å². The molecule has 1 saturated heterocycles. The van der Waals surface area contributed by atoms with E-state index in [1.165, 1.54) is 15.3 Å². The van der Waals surface area contributed by atoms with Gasteiger partial charge in [-0.15, -0.1) is 11.3 Å². The molecule has 0 aliphatic carbocycles. The van der Waals surface area contributed by atoms with E-state index in [2.05, 4.69) is 41.3 Å². The second-order valence-corrected chi connectivity index (χ2v) is 6.33. The molecule has 1 aliphatic heterocycles. The minimum absolute atomic E-state index is 0.137. The Hall–Kier alpha value is -1.16. The minimum Gasteiger partial charge on any atom is -0.392 e. The van der Waals surface area contributed by atoms with E-state index in [1.54, 1.807) is 0 Å². The quantitative estimate of drug-likeness (QED) is 0.927. The maximum atomic E-state index is 9.70. The van der Waals surface area contributed by atoms with E-state index in [-0.39, 0.29) is 6.10 Å². The van der Waals surface area contributed by atoms with E-state index < -0.39 is 0 Å². The normalized spacial score (nSPS) is 20.6. The first kappa shape index (κ1) is 12.9. The Morgan fingerprint density at radius 2 is 2.00 bits per heavy atom. The highest BCUT2D eigenvalue weighted by atomic mass is 32.1. The fourth-order valence-corrected chi connectivity index (χ4v) is 3.67. The van der Waals surface area contributed by atoms with Crippen molar-refractivity contribution in [3.05, 3.63) is 47.3 Å². The van der Waals surface area contributed by atoms with Crippen molar-refractivity contribution >= 4 is 11.3 Å². The molecule has 0 spiro atoms. The molecule has 2 heterocycles. The van der Waals surface area contributed by atoms with Crippen LogP contribution in [0.3, 0.4) is 0 Å². The van der Waals surface area contributed by atoms with Gasteiger partial charge in [0.25, 0.3) is 0 Å². The molecular formula is C16H19NOS. The van der Waals surface area contributed by atoms with Gasteiger partial charge in [0.2, 0.25) is 0 Å². The largest absolute Gasteiger partial charge is 0.392 e. The molecule has 0 bridgehead atoms. The van der Waals surface area contributed by atoms with Crippen molar-refractivity contribution in [1.29, 1.82) is 0 Å². The lowest BCUT2D eigenvalue weighted by atomic mass is 10.1. The van der Waals surface area contributed by atoms with Crippen LogP contribution in [0.15, 0.2) is 42.5 Å². The van der Waals surface area contributed by atoms with Crippen LogP contribution >= 0.6 is 11.3 Å². The monoisotopic (exact) mass is 273 g/mol. The molecule has 1 fully saturated rings. The van der Waals surface area contributed by atoms with Gasteiger partial charge in [0.1, 0.15) is 0 Å². The molecule has 0 amide bonds. The van der Waals surface area contributed by atoms with Gasteiger partial charge < -0.3 is 5.11 Å². The maximum Gasteiger partial charge on any atom is 0.0667 e. The first-order chi connectivity index (χ1) is 9.31. The van der Waals surface area contributed by atoms with Crippen molar-refractivity contribution in [3.8, 4) is 10.4 Å². The summed E-state index contributed by atoms with van der Waals surface area (Å²) in [6.45, 7) is 2.89. The third-order valence-corrected chi connectivity index (χ3v) is 4.70. The Bertz CT molecular complexity index is 523. The van der Waals surface area contributed by atoms with E-state index >= 15 is 0 Å². The molecule has 3 heteroatoms. The molecule has 1 aliphatic rings. The summed E-state index contributed by atoms with van der Waals surface area (Å²) < 4.78 is 0. The number of piperidine rings is 1. The van der Waals surface area contributed by atoms with Crippen LogP contribution in [-0.2, 0) is 6.54 Å². The van der Waals surface area contributed by atoms with Crippen LogP contribution in [0, 0.1) is 0 Å². The summed E-state index contributed by atoms with van der Waals surface area (Å²) in [5, 5.41) is 9.70. The zero-order valence-electron chi connectivity index (χ0n) is 11.0. The third kappa shape index (κ3) is 3.24. The summed E-state index contributed by atoms with van der Waals surface area (Å²) in [6.07, 6.45) is 1.93. The first-order valence-electron chi connectivity index (χ1n) is 6.86. The van der Waals surface area contributed by atoms with E-state index in [1.807, 2.05) is 17.4 Å². The van der Waals surface area contributed by atoms with Gasteiger partial charge in [-0.1, -0.05) is 30.3 Å². The summed E-state index contributed by atoms with van der Waals surface area (Å²) in [5.41, 5.74) is 1.29. The Balaban J connectivity index is 1.68. The Morgan fingerprint density at radius 1 is 1.16 bits per heavy atom. The highest BCUT2D eigenvalue weighted by Gasteiger charge is 2.18. The van der Waals surface area contributed by atoms with Crippen molar-refractivity contribution < 1.29 is 5.11 Å². The van der Waals surface area contributed by atoms with Crippen LogP contribution < -0.4 is 0 Å². The summed E-state index contributed by atoms with van der Waals surface area (Å²) in [4.78, 5) is 5.07. The van der Waals surface area contributed by atoms with Gasteiger partial charge in [-0.05, 0) is 37.1 Å². The average molecular weight is 273 g/mol. The lowest BCUT2D eigenvalue weighted by molar-refractivity contribution is 0.0673. The zero-order chi connectivity index (χ0) is 13.1. The molecule has 100 valence electrons. The van der Waals surface area contributed by atoms with E-state index in [9.17, 15) is 5.11 Å². The van der Waals surface area contributed by atoms with Crippen LogP contribution in [0.2, 0.25) is 0 Å². The second-order valence-electron chi connectivity index (χ2n) is 5.16. The smallest absolute Gasteiger partial charge is 0.0667 e. The molecule has 1 aromatic carbocycles. The number of nitrogens with zero attached hydrogens (tertiary/aromatic N) is 1. The molecule has 1 aromatic heterocycles. The number of hydrogen-bond acceptors (Lipinski definition) is 3. The standard InChI is InChI=1S/C16H19NOS/c18-14-7-4-10-17(11-14)12-15-8-9-16(19-15)13-5-2-1-3-6-13/h1-3,5-6,8-9,14,18H,4,7,10-12H2/t14-/m0/s1. The zero-order valence-corrected chi connectivity index (χ0v) is 11.8. The molecule has 2 nitrogen and oxygen atoms in total.